The van der Waals surface area contributed by atoms with Gasteiger partial charge in [0.05, 0.1) is 19.6 Å². The Hall–Kier alpha value is -2.08. The first kappa shape index (κ1) is 20.0. The molecule has 24 heavy (non-hydrogen) atoms. The van der Waals surface area contributed by atoms with Gasteiger partial charge in [-0.1, -0.05) is 30.3 Å². The monoisotopic (exact) mass is 335 g/mol. The number of aliphatic imine (C=N–C) groups is 1. The van der Waals surface area contributed by atoms with E-state index in [9.17, 15) is 4.79 Å². The first-order valence-electron chi connectivity index (χ1n) is 8.43. The third kappa shape index (κ3) is 8.53. The van der Waals surface area contributed by atoms with Crippen LogP contribution in [0.1, 0.15) is 38.4 Å². The summed E-state index contributed by atoms with van der Waals surface area (Å²) in [7, 11) is 1.39. The van der Waals surface area contributed by atoms with Crippen LogP contribution >= 0.6 is 0 Å². The van der Waals surface area contributed by atoms with Crippen LogP contribution in [0.5, 0.6) is 0 Å². The summed E-state index contributed by atoms with van der Waals surface area (Å²) in [4.78, 5) is 15.6. The van der Waals surface area contributed by atoms with Crippen molar-refractivity contribution < 1.29 is 14.3 Å². The normalized spacial score (nSPS) is 12.5. The Kier molecular flexibility index (Phi) is 10.3. The first-order valence-corrected chi connectivity index (χ1v) is 8.43. The van der Waals surface area contributed by atoms with Gasteiger partial charge in [-0.3, -0.25) is 9.79 Å². The molecule has 0 amide bonds. The molecular formula is C18H29N3O3. The predicted octanol–water partition coefficient (Wildman–Crippen LogP) is 2.27. The van der Waals surface area contributed by atoms with Crippen molar-refractivity contribution in [3.8, 4) is 0 Å². The molecule has 0 bridgehead atoms. The molecule has 1 atom stereocenters. The van der Waals surface area contributed by atoms with Gasteiger partial charge in [-0.05, 0) is 25.8 Å². The Morgan fingerprint density at radius 3 is 2.67 bits per heavy atom. The fraction of sp³-hybridized carbons (Fsp3) is 0.556. The maximum atomic E-state index is 11.1. The fourth-order valence-corrected chi connectivity index (χ4v) is 2.06. The SMILES string of the molecule is CCNC(=NCCCOC(C)c1ccccc1)NCCC(=O)OC. The number of ether oxygens (including phenoxy) is 2. The van der Waals surface area contributed by atoms with E-state index >= 15 is 0 Å². The summed E-state index contributed by atoms with van der Waals surface area (Å²) in [6, 6.07) is 10.2. The summed E-state index contributed by atoms with van der Waals surface area (Å²) in [6.07, 6.45) is 1.24. The number of methoxy groups -OCH3 is 1. The van der Waals surface area contributed by atoms with Gasteiger partial charge in [0.15, 0.2) is 5.96 Å². The lowest BCUT2D eigenvalue weighted by atomic mass is 10.1. The molecule has 1 rings (SSSR count). The van der Waals surface area contributed by atoms with Gasteiger partial charge >= 0.3 is 5.97 Å². The van der Waals surface area contributed by atoms with Gasteiger partial charge in [-0.25, -0.2) is 0 Å². The van der Waals surface area contributed by atoms with E-state index in [2.05, 4.69) is 39.4 Å². The third-order valence-electron chi connectivity index (χ3n) is 3.40. The molecule has 1 aromatic rings. The number of nitrogens with zero attached hydrogens (tertiary/aromatic N) is 1. The number of hydrogen-bond acceptors (Lipinski definition) is 4. The highest BCUT2D eigenvalue weighted by molar-refractivity contribution is 5.80. The Morgan fingerprint density at radius 2 is 2.00 bits per heavy atom. The van der Waals surface area contributed by atoms with Crippen LogP contribution in [0, 0.1) is 0 Å². The molecule has 0 saturated carbocycles. The molecule has 134 valence electrons. The molecule has 6 nitrogen and oxygen atoms in total. The molecule has 0 fully saturated rings. The van der Waals surface area contributed by atoms with Crippen LogP contribution in [0.4, 0.5) is 0 Å². The van der Waals surface area contributed by atoms with Crippen molar-refractivity contribution in [3.05, 3.63) is 35.9 Å². The maximum Gasteiger partial charge on any atom is 0.307 e. The molecule has 0 aromatic heterocycles. The highest BCUT2D eigenvalue weighted by atomic mass is 16.5. The van der Waals surface area contributed by atoms with E-state index in [0.29, 0.717) is 32.1 Å². The molecular weight excluding hydrogens is 306 g/mol. The van der Waals surface area contributed by atoms with E-state index in [-0.39, 0.29) is 12.1 Å². The van der Waals surface area contributed by atoms with Gasteiger partial charge in [0.25, 0.3) is 0 Å². The lowest BCUT2D eigenvalue weighted by Gasteiger charge is -2.13. The van der Waals surface area contributed by atoms with Crippen LogP contribution in [0.3, 0.4) is 0 Å². The van der Waals surface area contributed by atoms with E-state index in [4.69, 9.17) is 4.74 Å². The van der Waals surface area contributed by atoms with Gasteiger partial charge in [0.2, 0.25) is 0 Å². The number of nitrogens with one attached hydrogen (secondary N) is 2. The second-order valence-corrected chi connectivity index (χ2v) is 5.29. The maximum absolute atomic E-state index is 11.1. The van der Waals surface area contributed by atoms with Gasteiger partial charge in [-0.2, -0.15) is 0 Å². The molecule has 1 aromatic carbocycles. The molecule has 0 aliphatic heterocycles. The van der Waals surface area contributed by atoms with Crippen LogP contribution < -0.4 is 10.6 Å². The Balaban J connectivity index is 2.25. The second kappa shape index (κ2) is 12.4. The van der Waals surface area contributed by atoms with Crippen LogP contribution in [0.15, 0.2) is 35.3 Å². The average Bonchev–Trinajstić information content (AvgIpc) is 2.61. The number of guanidine groups is 1. The number of hydrogen-bond donors (Lipinski definition) is 2. The molecule has 0 spiro atoms. The van der Waals surface area contributed by atoms with E-state index in [1.54, 1.807) is 0 Å². The molecule has 1 unspecified atom stereocenters. The van der Waals surface area contributed by atoms with Crippen LogP contribution in [-0.2, 0) is 14.3 Å². The van der Waals surface area contributed by atoms with Crippen molar-refractivity contribution in [2.75, 3.05) is 33.4 Å². The fourth-order valence-electron chi connectivity index (χ4n) is 2.06. The zero-order chi connectivity index (χ0) is 17.6. The van der Waals surface area contributed by atoms with Crippen molar-refractivity contribution in [1.82, 2.24) is 10.6 Å². The van der Waals surface area contributed by atoms with E-state index in [1.807, 2.05) is 25.1 Å². The van der Waals surface area contributed by atoms with Crippen LogP contribution in [-0.4, -0.2) is 45.3 Å². The summed E-state index contributed by atoms with van der Waals surface area (Å²) >= 11 is 0. The Morgan fingerprint density at radius 1 is 1.25 bits per heavy atom. The van der Waals surface area contributed by atoms with E-state index in [1.165, 1.54) is 12.7 Å². The third-order valence-corrected chi connectivity index (χ3v) is 3.40. The minimum Gasteiger partial charge on any atom is -0.469 e. The first-order chi connectivity index (χ1) is 11.7. The summed E-state index contributed by atoms with van der Waals surface area (Å²) < 4.78 is 10.4. The topological polar surface area (TPSA) is 72.0 Å². The van der Waals surface area contributed by atoms with Gasteiger partial charge in [0.1, 0.15) is 0 Å². The molecule has 2 N–H and O–H groups in total. The van der Waals surface area contributed by atoms with Gasteiger partial charge in [-0.15, -0.1) is 0 Å². The number of esters is 1. The standard InChI is InChI=1S/C18H29N3O3/c1-4-19-18(21-13-11-17(22)23-3)20-12-8-14-24-15(2)16-9-6-5-7-10-16/h5-7,9-10,15H,4,8,11-14H2,1-3H3,(H2,19,20,21). The molecule has 0 saturated heterocycles. The number of carbonyl (C=O) groups is 1. The molecule has 0 radical (unpaired) electrons. The quantitative estimate of drug-likeness (QED) is 0.297. The highest BCUT2D eigenvalue weighted by Crippen LogP contribution is 2.15. The van der Waals surface area contributed by atoms with Crippen molar-refractivity contribution in [2.45, 2.75) is 32.8 Å². The summed E-state index contributed by atoms with van der Waals surface area (Å²) in [5.41, 5.74) is 1.18. The second-order valence-electron chi connectivity index (χ2n) is 5.29. The number of benzene rings is 1. The zero-order valence-corrected chi connectivity index (χ0v) is 14.9. The van der Waals surface area contributed by atoms with Gasteiger partial charge < -0.3 is 20.1 Å². The predicted molar refractivity (Wildman–Crippen MR) is 96.0 cm³/mol. The summed E-state index contributed by atoms with van der Waals surface area (Å²) in [6.45, 7) is 6.64. The minimum absolute atomic E-state index is 0.0848. The number of carbonyl (C=O) groups excluding carboxylic acids is 1. The van der Waals surface area contributed by atoms with Crippen molar-refractivity contribution in [3.63, 3.8) is 0 Å². The van der Waals surface area contributed by atoms with Crippen LogP contribution in [0.2, 0.25) is 0 Å². The lowest BCUT2D eigenvalue weighted by molar-refractivity contribution is -0.140. The average molecular weight is 335 g/mol. The zero-order valence-electron chi connectivity index (χ0n) is 14.9. The highest BCUT2D eigenvalue weighted by Gasteiger charge is 2.04. The van der Waals surface area contributed by atoms with Crippen molar-refractivity contribution in [2.24, 2.45) is 4.99 Å². The molecule has 0 heterocycles. The molecule has 0 aliphatic carbocycles. The largest absolute Gasteiger partial charge is 0.469 e. The summed E-state index contributed by atoms with van der Waals surface area (Å²) in [5.74, 6) is 0.471. The summed E-state index contributed by atoms with van der Waals surface area (Å²) in [5, 5.41) is 6.25. The smallest absolute Gasteiger partial charge is 0.307 e. The molecule has 6 heteroatoms. The molecule has 0 aliphatic rings. The van der Waals surface area contributed by atoms with Crippen molar-refractivity contribution in [1.29, 1.82) is 0 Å². The minimum atomic E-state index is -0.235. The van der Waals surface area contributed by atoms with E-state index in [0.717, 1.165) is 13.0 Å². The number of rotatable bonds is 10. The van der Waals surface area contributed by atoms with Crippen LogP contribution in [0.25, 0.3) is 0 Å². The Labute approximate surface area is 144 Å². The van der Waals surface area contributed by atoms with Gasteiger partial charge in [0, 0.05) is 26.2 Å². The van der Waals surface area contributed by atoms with Crippen molar-refractivity contribution >= 4 is 11.9 Å². The Bertz CT molecular complexity index is 492. The van der Waals surface area contributed by atoms with E-state index < -0.39 is 0 Å². The lowest BCUT2D eigenvalue weighted by Crippen LogP contribution is -2.38.